The Morgan fingerprint density at radius 3 is 2.68 bits per heavy atom. The molecule has 1 saturated heterocycles. The number of hydrogen-bond donors (Lipinski definition) is 0. The van der Waals surface area contributed by atoms with Gasteiger partial charge in [0.25, 0.3) is 5.56 Å². The molecule has 11 heteroatoms. The molecule has 0 N–H and O–H groups in total. The lowest BCUT2D eigenvalue weighted by molar-refractivity contribution is -0.140. The predicted octanol–water partition coefficient (Wildman–Crippen LogP) is 2.51. The van der Waals surface area contributed by atoms with Gasteiger partial charge in [0.2, 0.25) is 0 Å². The molecule has 4 heterocycles. The standard InChI is InChI=1S/C26H26ClN3O6S/c1-16-22(25(32)35-14-13-33-2)23(17-3-5-18(27)6-4-17)30-24(31)20(37-26(30)28-16)15-19-7-8-21(36-19)29-9-11-34-12-10-29/h3-8,15,23H,9-14H2,1-2H3. The van der Waals surface area contributed by atoms with Gasteiger partial charge in [0.1, 0.15) is 12.4 Å². The van der Waals surface area contributed by atoms with Gasteiger partial charge in [0.15, 0.2) is 10.7 Å². The first-order valence-corrected chi connectivity index (χ1v) is 13.0. The highest BCUT2D eigenvalue weighted by Crippen LogP contribution is 2.31. The van der Waals surface area contributed by atoms with E-state index in [2.05, 4.69) is 9.89 Å². The van der Waals surface area contributed by atoms with Crippen LogP contribution in [0.1, 0.15) is 24.3 Å². The number of esters is 1. The van der Waals surface area contributed by atoms with Crippen LogP contribution in [-0.2, 0) is 19.0 Å². The van der Waals surface area contributed by atoms with Crippen LogP contribution in [0.15, 0.2) is 61.9 Å². The molecule has 0 spiro atoms. The maximum atomic E-state index is 13.7. The van der Waals surface area contributed by atoms with Crippen LogP contribution in [0, 0.1) is 0 Å². The fourth-order valence-corrected chi connectivity index (χ4v) is 5.49. The molecular weight excluding hydrogens is 518 g/mol. The van der Waals surface area contributed by atoms with Gasteiger partial charge in [0.05, 0.1) is 41.7 Å². The summed E-state index contributed by atoms with van der Waals surface area (Å²) >= 11 is 7.36. The normalized spacial score (nSPS) is 18.1. The Balaban J connectivity index is 1.57. The predicted molar refractivity (Wildman–Crippen MR) is 140 cm³/mol. The Morgan fingerprint density at radius 2 is 1.95 bits per heavy atom. The van der Waals surface area contributed by atoms with Crippen molar-refractivity contribution in [2.45, 2.75) is 13.0 Å². The van der Waals surface area contributed by atoms with Crippen molar-refractivity contribution >= 4 is 40.9 Å². The lowest BCUT2D eigenvalue weighted by Crippen LogP contribution is -2.40. The summed E-state index contributed by atoms with van der Waals surface area (Å²) in [5.74, 6) is 0.747. The number of morpholine rings is 1. The molecule has 0 saturated carbocycles. The van der Waals surface area contributed by atoms with Crippen LogP contribution in [0.2, 0.25) is 5.02 Å². The van der Waals surface area contributed by atoms with Crippen molar-refractivity contribution in [3.05, 3.63) is 83.7 Å². The van der Waals surface area contributed by atoms with E-state index in [-0.39, 0.29) is 18.8 Å². The molecule has 5 rings (SSSR count). The molecule has 2 aliphatic rings. The van der Waals surface area contributed by atoms with Crippen LogP contribution in [0.25, 0.3) is 6.08 Å². The Bertz CT molecular complexity index is 1500. The number of carbonyl (C=O) groups excluding carboxylic acids is 1. The number of nitrogens with zero attached hydrogens (tertiary/aromatic N) is 3. The fourth-order valence-electron chi connectivity index (χ4n) is 4.34. The number of furan rings is 1. The lowest BCUT2D eigenvalue weighted by Gasteiger charge is -2.26. The van der Waals surface area contributed by atoms with Crippen LogP contribution in [0.5, 0.6) is 0 Å². The summed E-state index contributed by atoms with van der Waals surface area (Å²) in [4.78, 5) is 34.0. The summed E-state index contributed by atoms with van der Waals surface area (Å²) in [6.07, 6.45) is 1.71. The van der Waals surface area contributed by atoms with Gasteiger partial charge in [-0.25, -0.2) is 9.79 Å². The van der Waals surface area contributed by atoms with Gasteiger partial charge < -0.3 is 23.5 Å². The largest absolute Gasteiger partial charge is 0.460 e. The molecule has 0 amide bonds. The zero-order valence-electron chi connectivity index (χ0n) is 20.4. The van der Waals surface area contributed by atoms with Crippen molar-refractivity contribution in [3.8, 4) is 0 Å². The molecule has 0 aliphatic carbocycles. The number of methoxy groups -OCH3 is 1. The molecule has 1 aromatic carbocycles. The van der Waals surface area contributed by atoms with Crippen molar-refractivity contribution < 1.29 is 23.4 Å². The molecule has 1 fully saturated rings. The molecule has 1 unspecified atom stereocenters. The first kappa shape index (κ1) is 25.5. The van der Waals surface area contributed by atoms with Crippen molar-refractivity contribution in [3.63, 3.8) is 0 Å². The molecule has 9 nitrogen and oxygen atoms in total. The Hall–Kier alpha value is -3.18. The van der Waals surface area contributed by atoms with E-state index < -0.39 is 12.0 Å². The van der Waals surface area contributed by atoms with Gasteiger partial charge in [-0.2, -0.15) is 0 Å². The third kappa shape index (κ3) is 5.28. The summed E-state index contributed by atoms with van der Waals surface area (Å²) in [5.41, 5.74) is 1.23. The van der Waals surface area contributed by atoms with E-state index in [1.165, 1.54) is 23.0 Å². The van der Waals surface area contributed by atoms with E-state index in [0.29, 0.717) is 44.6 Å². The maximum Gasteiger partial charge on any atom is 0.338 e. The number of ether oxygens (including phenoxy) is 3. The first-order valence-electron chi connectivity index (χ1n) is 11.8. The third-order valence-electron chi connectivity index (χ3n) is 6.16. The average molecular weight is 544 g/mol. The van der Waals surface area contributed by atoms with Gasteiger partial charge in [-0.15, -0.1) is 0 Å². The average Bonchev–Trinajstić information content (AvgIpc) is 3.49. The minimum absolute atomic E-state index is 0.0911. The SMILES string of the molecule is COCCOC(=O)C1=C(C)N=c2sc(=Cc3ccc(N4CCOCC4)o3)c(=O)n2C1c1ccc(Cl)cc1. The van der Waals surface area contributed by atoms with Crippen molar-refractivity contribution in [1.82, 2.24) is 4.57 Å². The molecule has 1 atom stereocenters. The molecule has 0 bridgehead atoms. The molecule has 2 aliphatic heterocycles. The van der Waals surface area contributed by atoms with Crippen LogP contribution in [-0.4, -0.2) is 57.2 Å². The fraction of sp³-hybridized carbons (Fsp3) is 0.346. The second-order valence-corrected chi connectivity index (χ2v) is 9.98. The molecule has 0 radical (unpaired) electrons. The van der Waals surface area contributed by atoms with Gasteiger partial charge in [-0.3, -0.25) is 9.36 Å². The van der Waals surface area contributed by atoms with Crippen LogP contribution < -0.4 is 19.8 Å². The number of fused-ring (bicyclic) bond motifs is 1. The van der Waals surface area contributed by atoms with E-state index >= 15 is 0 Å². The highest BCUT2D eigenvalue weighted by Gasteiger charge is 2.33. The second kappa shape index (κ2) is 11.1. The number of allylic oxidation sites excluding steroid dienone is 1. The number of hydrogen-bond acceptors (Lipinski definition) is 9. The van der Waals surface area contributed by atoms with E-state index in [1.54, 1.807) is 37.3 Å². The van der Waals surface area contributed by atoms with Crippen LogP contribution in [0.3, 0.4) is 0 Å². The monoisotopic (exact) mass is 543 g/mol. The summed E-state index contributed by atoms with van der Waals surface area (Å²) in [5, 5.41) is 0.551. The Labute approximate surface area is 221 Å². The van der Waals surface area contributed by atoms with Crippen molar-refractivity contribution in [2.24, 2.45) is 4.99 Å². The zero-order chi connectivity index (χ0) is 25.9. The van der Waals surface area contributed by atoms with Crippen LogP contribution >= 0.6 is 22.9 Å². The molecule has 37 heavy (non-hydrogen) atoms. The van der Waals surface area contributed by atoms with Gasteiger partial charge in [-0.05, 0) is 30.7 Å². The van der Waals surface area contributed by atoms with E-state index in [9.17, 15) is 9.59 Å². The molecule has 3 aromatic rings. The van der Waals surface area contributed by atoms with E-state index in [4.69, 9.17) is 30.2 Å². The summed E-state index contributed by atoms with van der Waals surface area (Å²) in [7, 11) is 1.53. The van der Waals surface area contributed by atoms with E-state index in [0.717, 1.165) is 24.5 Å². The first-order chi connectivity index (χ1) is 18.0. The zero-order valence-corrected chi connectivity index (χ0v) is 22.0. The maximum absolute atomic E-state index is 13.7. The van der Waals surface area contributed by atoms with E-state index in [1.807, 2.05) is 12.1 Å². The summed E-state index contributed by atoms with van der Waals surface area (Å²) < 4.78 is 23.8. The summed E-state index contributed by atoms with van der Waals surface area (Å²) in [6.45, 7) is 4.89. The number of carbonyl (C=O) groups is 1. The quantitative estimate of drug-likeness (QED) is 0.334. The van der Waals surface area contributed by atoms with Crippen LogP contribution in [0.4, 0.5) is 5.88 Å². The number of thiazole rings is 1. The highest BCUT2D eigenvalue weighted by molar-refractivity contribution is 7.07. The third-order valence-corrected chi connectivity index (χ3v) is 7.39. The Kier molecular flexibility index (Phi) is 7.61. The lowest BCUT2D eigenvalue weighted by atomic mass is 9.96. The topological polar surface area (TPSA) is 95.5 Å². The summed E-state index contributed by atoms with van der Waals surface area (Å²) in [6, 6.07) is 10.1. The second-order valence-electron chi connectivity index (χ2n) is 8.54. The Morgan fingerprint density at radius 1 is 1.19 bits per heavy atom. The minimum atomic E-state index is -0.716. The van der Waals surface area contributed by atoms with Gasteiger partial charge in [0, 0.05) is 37.4 Å². The molecule has 2 aromatic heterocycles. The highest BCUT2D eigenvalue weighted by atomic mass is 35.5. The molecular formula is C26H26ClN3O6S. The number of benzene rings is 1. The van der Waals surface area contributed by atoms with Crippen molar-refractivity contribution in [1.29, 1.82) is 0 Å². The number of anilines is 1. The van der Waals surface area contributed by atoms with Gasteiger partial charge in [-0.1, -0.05) is 35.1 Å². The number of rotatable bonds is 7. The minimum Gasteiger partial charge on any atom is -0.460 e. The smallest absolute Gasteiger partial charge is 0.338 e. The van der Waals surface area contributed by atoms with Crippen molar-refractivity contribution in [2.75, 3.05) is 51.5 Å². The number of halogens is 1. The van der Waals surface area contributed by atoms with Gasteiger partial charge >= 0.3 is 5.97 Å². The number of aromatic nitrogens is 1. The molecule has 194 valence electrons.